The van der Waals surface area contributed by atoms with Gasteiger partial charge in [0.2, 0.25) is 0 Å². The summed E-state index contributed by atoms with van der Waals surface area (Å²) in [5, 5.41) is 9.30. The maximum atomic E-state index is 13.6. The van der Waals surface area contributed by atoms with E-state index in [-0.39, 0.29) is 19.7 Å². The van der Waals surface area contributed by atoms with E-state index in [1.54, 1.807) is 53.6 Å². The molecule has 0 aliphatic carbocycles. The summed E-state index contributed by atoms with van der Waals surface area (Å²) in [6.45, 7) is 4.04. The molecule has 0 bridgehead atoms. The van der Waals surface area contributed by atoms with E-state index in [0.29, 0.717) is 44.7 Å². The normalized spacial score (nSPS) is 10.8. The molecule has 2 aromatic heterocycles. The van der Waals surface area contributed by atoms with Crippen LogP contribution in [-0.4, -0.2) is 32.5 Å². The van der Waals surface area contributed by atoms with Crippen molar-refractivity contribution < 1.29 is 27.8 Å². The van der Waals surface area contributed by atoms with Gasteiger partial charge in [-0.15, -0.1) is 12.6 Å². The summed E-state index contributed by atoms with van der Waals surface area (Å²) in [6, 6.07) is 14.1. The third kappa shape index (κ3) is 6.08. The predicted molar refractivity (Wildman–Crippen MR) is 131 cm³/mol. The molecule has 0 radical (unpaired) electrons. The van der Waals surface area contributed by atoms with Gasteiger partial charge in [0.05, 0.1) is 17.9 Å². The van der Waals surface area contributed by atoms with E-state index in [0.717, 1.165) is 12.1 Å². The molecule has 184 valence electrons. The molecule has 7 nitrogen and oxygen atoms in total. The smallest absolute Gasteiger partial charge is 0.323 e. The molecular formula is C26H21F2N3O4S. The van der Waals surface area contributed by atoms with Crippen molar-refractivity contribution >= 4 is 24.3 Å². The number of hydrogen-bond acceptors (Lipinski definition) is 7. The second kappa shape index (κ2) is 11.0. The second-order valence-electron chi connectivity index (χ2n) is 7.76. The van der Waals surface area contributed by atoms with E-state index < -0.39 is 17.6 Å². The average molecular weight is 510 g/mol. The summed E-state index contributed by atoms with van der Waals surface area (Å²) in [7, 11) is 0. The predicted octanol–water partition coefficient (Wildman–Crippen LogP) is 5.44. The Morgan fingerprint density at radius 2 is 1.86 bits per heavy atom. The summed E-state index contributed by atoms with van der Waals surface area (Å²) in [5.74, 6) is -1.47. The highest BCUT2D eigenvalue weighted by Gasteiger charge is 2.18. The van der Waals surface area contributed by atoms with Gasteiger partial charge in [-0.3, -0.25) is 4.79 Å². The van der Waals surface area contributed by atoms with Crippen molar-refractivity contribution in [2.24, 2.45) is 0 Å². The third-order valence-corrected chi connectivity index (χ3v) is 5.61. The molecule has 0 unspecified atom stereocenters. The van der Waals surface area contributed by atoms with E-state index in [9.17, 15) is 18.7 Å². The van der Waals surface area contributed by atoms with Gasteiger partial charge < -0.3 is 19.2 Å². The summed E-state index contributed by atoms with van der Waals surface area (Å²) in [5.41, 5.74) is 2.15. The molecule has 0 saturated carbocycles. The van der Waals surface area contributed by atoms with Gasteiger partial charge in [-0.2, -0.15) is 0 Å². The molecule has 0 spiro atoms. The van der Waals surface area contributed by atoms with Gasteiger partial charge in [0, 0.05) is 11.1 Å². The number of rotatable bonds is 10. The van der Waals surface area contributed by atoms with Gasteiger partial charge in [-0.1, -0.05) is 18.7 Å². The van der Waals surface area contributed by atoms with E-state index in [1.165, 1.54) is 6.33 Å². The number of ether oxygens (including phenoxy) is 1. The maximum absolute atomic E-state index is 13.6. The minimum absolute atomic E-state index is 0.112. The fraction of sp³-hybridized carbons (Fsp3) is 0.115. The lowest BCUT2D eigenvalue weighted by atomic mass is 10.1. The van der Waals surface area contributed by atoms with Gasteiger partial charge in [0.25, 0.3) is 0 Å². The largest absolute Gasteiger partial charge is 0.486 e. The fourth-order valence-electron chi connectivity index (χ4n) is 3.44. The van der Waals surface area contributed by atoms with E-state index in [4.69, 9.17) is 9.15 Å². The quantitative estimate of drug-likeness (QED) is 0.275. The van der Waals surface area contributed by atoms with Crippen LogP contribution in [0.5, 0.6) is 5.75 Å². The van der Waals surface area contributed by atoms with E-state index >= 15 is 0 Å². The maximum Gasteiger partial charge on any atom is 0.323 e. The first-order valence-corrected chi connectivity index (χ1v) is 11.2. The zero-order valence-corrected chi connectivity index (χ0v) is 19.8. The Bertz CT molecular complexity index is 1380. The summed E-state index contributed by atoms with van der Waals surface area (Å²) in [4.78, 5) is 21.2. The highest BCUT2D eigenvalue weighted by Crippen LogP contribution is 2.30. The molecule has 4 rings (SSSR count). The Morgan fingerprint density at radius 1 is 1.11 bits per heavy atom. The molecule has 0 fully saturated rings. The molecule has 1 N–H and O–H groups in total. The van der Waals surface area contributed by atoms with Crippen molar-refractivity contribution in [3.05, 3.63) is 103 Å². The molecule has 4 aromatic rings. The van der Waals surface area contributed by atoms with Gasteiger partial charge in [-0.05, 0) is 53.6 Å². The van der Waals surface area contributed by atoms with Crippen LogP contribution >= 0.6 is 12.6 Å². The van der Waals surface area contributed by atoms with Crippen LogP contribution in [0.4, 0.5) is 8.78 Å². The van der Waals surface area contributed by atoms with Crippen molar-refractivity contribution in [2.45, 2.75) is 18.0 Å². The van der Waals surface area contributed by atoms with E-state index in [1.807, 2.05) is 0 Å². The number of hydrogen-bond donors (Lipinski definition) is 2. The first-order chi connectivity index (χ1) is 17.3. The zero-order chi connectivity index (χ0) is 25.7. The third-order valence-electron chi connectivity index (χ3n) is 5.24. The van der Waals surface area contributed by atoms with Gasteiger partial charge >= 0.3 is 5.97 Å². The van der Waals surface area contributed by atoms with Gasteiger partial charge in [0.1, 0.15) is 36.7 Å². The number of thiol groups is 1. The number of aliphatic carboxylic acids is 1. The first kappa shape index (κ1) is 24.9. The molecule has 0 saturated heterocycles. The molecule has 10 heteroatoms. The zero-order valence-electron chi connectivity index (χ0n) is 18.9. The van der Waals surface area contributed by atoms with Crippen molar-refractivity contribution in [3.8, 4) is 16.9 Å². The standard InChI is InChI=1S/C26H21F2N3O4S/c1-16(31(13-26(32)33)12-18-8-9-29-15-30-18)24-7-6-20(35-24)14-34-19-4-2-17(3-5-19)21-10-22(27)23(28)11-25(21)36/h2-11,15,36H,1,12-14H2,(H,32,33). The van der Waals surface area contributed by atoms with Crippen molar-refractivity contribution in [3.63, 3.8) is 0 Å². The summed E-state index contributed by atoms with van der Waals surface area (Å²) < 4.78 is 38.6. The van der Waals surface area contributed by atoms with Crippen LogP contribution < -0.4 is 4.74 Å². The Labute approximate surface area is 211 Å². The summed E-state index contributed by atoms with van der Waals surface area (Å²) >= 11 is 4.22. The minimum atomic E-state index is -1.02. The molecule has 0 atom stereocenters. The molecule has 0 amide bonds. The fourth-order valence-corrected chi connectivity index (χ4v) is 3.74. The number of nitrogens with zero attached hydrogens (tertiary/aromatic N) is 3. The van der Waals surface area contributed by atoms with Crippen LogP contribution in [0.3, 0.4) is 0 Å². The lowest BCUT2D eigenvalue weighted by Gasteiger charge is -2.23. The number of carboxylic acids is 1. The van der Waals surface area contributed by atoms with Crippen LogP contribution in [0.2, 0.25) is 0 Å². The Hall–Kier alpha value is -4.18. The highest BCUT2D eigenvalue weighted by molar-refractivity contribution is 7.80. The number of carbonyl (C=O) groups is 1. The van der Waals surface area contributed by atoms with Crippen LogP contribution in [-0.2, 0) is 17.9 Å². The number of halogens is 2. The van der Waals surface area contributed by atoms with Crippen LogP contribution in [0, 0.1) is 11.6 Å². The minimum Gasteiger partial charge on any atom is -0.486 e. The lowest BCUT2D eigenvalue weighted by Crippen LogP contribution is -2.28. The van der Waals surface area contributed by atoms with Gasteiger partial charge in [0.15, 0.2) is 11.6 Å². The molecular weight excluding hydrogens is 488 g/mol. The molecule has 2 heterocycles. The summed E-state index contributed by atoms with van der Waals surface area (Å²) in [6.07, 6.45) is 2.97. The van der Waals surface area contributed by atoms with Crippen molar-refractivity contribution in [2.75, 3.05) is 6.54 Å². The van der Waals surface area contributed by atoms with E-state index in [2.05, 4.69) is 29.2 Å². The topological polar surface area (TPSA) is 88.7 Å². The number of furan rings is 1. The molecule has 0 aliphatic heterocycles. The SMILES string of the molecule is C=C(c1ccc(COc2ccc(-c3cc(F)c(F)cc3S)cc2)o1)N(CC(=O)O)Cc1ccncn1. The Kier molecular flexibility index (Phi) is 7.65. The monoisotopic (exact) mass is 509 g/mol. The average Bonchev–Trinajstić information content (AvgIpc) is 3.34. The number of carboxylic acid groups (broad SMARTS) is 1. The molecule has 36 heavy (non-hydrogen) atoms. The Morgan fingerprint density at radius 3 is 2.56 bits per heavy atom. The highest BCUT2D eigenvalue weighted by atomic mass is 32.1. The lowest BCUT2D eigenvalue weighted by molar-refractivity contribution is -0.137. The second-order valence-corrected chi connectivity index (χ2v) is 8.24. The van der Waals surface area contributed by atoms with Crippen molar-refractivity contribution in [1.29, 1.82) is 0 Å². The number of aromatic nitrogens is 2. The van der Waals surface area contributed by atoms with Crippen LogP contribution in [0.15, 0.2) is 83.0 Å². The van der Waals surface area contributed by atoms with Crippen molar-refractivity contribution in [1.82, 2.24) is 14.9 Å². The molecule has 0 aliphatic rings. The van der Waals surface area contributed by atoms with Gasteiger partial charge in [-0.25, -0.2) is 18.7 Å². The first-order valence-electron chi connectivity index (χ1n) is 10.7. The number of benzene rings is 2. The Balaban J connectivity index is 1.40. The molecule has 2 aromatic carbocycles. The van der Waals surface area contributed by atoms with Crippen LogP contribution in [0.1, 0.15) is 17.2 Å². The van der Waals surface area contributed by atoms with Crippen LogP contribution in [0.25, 0.3) is 16.8 Å².